The van der Waals surface area contributed by atoms with Crippen molar-refractivity contribution in [3.05, 3.63) is 77.9 Å². The minimum absolute atomic E-state index is 0.0120. The van der Waals surface area contributed by atoms with Gasteiger partial charge in [-0.25, -0.2) is 4.39 Å². The summed E-state index contributed by atoms with van der Waals surface area (Å²) in [7, 11) is 0. The van der Waals surface area contributed by atoms with E-state index in [2.05, 4.69) is 27.4 Å². The zero-order valence-corrected chi connectivity index (χ0v) is 18.7. The van der Waals surface area contributed by atoms with Crippen molar-refractivity contribution in [2.24, 2.45) is 0 Å². The molecule has 0 spiro atoms. The van der Waals surface area contributed by atoms with Gasteiger partial charge in [0.05, 0.1) is 17.9 Å². The third-order valence-corrected chi connectivity index (χ3v) is 5.42. The van der Waals surface area contributed by atoms with Gasteiger partial charge in [-0.05, 0) is 49.2 Å². The molecule has 0 atom stereocenters. The molecule has 0 saturated heterocycles. The van der Waals surface area contributed by atoms with Crippen LogP contribution in [0.3, 0.4) is 0 Å². The summed E-state index contributed by atoms with van der Waals surface area (Å²) in [5, 5.41) is 14.1. The Kier molecular flexibility index (Phi) is 7.77. The number of carbonyl (C=O) groups is 2. The molecule has 2 N–H and O–H groups in total. The van der Waals surface area contributed by atoms with Gasteiger partial charge >= 0.3 is 0 Å². The number of nitrogens with zero attached hydrogens (tertiary/aromatic N) is 3. The van der Waals surface area contributed by atoms with Gasteiger partial charge in [-0.2, -0.15) is 0 Å². The van der Waals surface area contributed by atoms with Gasteiger partial charge in [-0.15, -0.1) is 16.8 Å². The number of hydrogen-bond donors (Lipinski definition) is 2. The van der Waals surface area contributed by atoms with E-state index in [1.165, 1.54) is 12.1 Å². The number of hydrogen-bond acceptors (Lipinski definition) is 5. The minimum atomic E-state index is -0.486. The SMILES string of the molecule is C=CCn1c(CC(=O)Nc2cccc(C)c2)nnc1SCC(=O)Nc1ccc(C)cc1F. The van der Waals surface area contributed by atoms with Crippen molar-refractivity contribution in [2.75, 3.05) is 16.4 Å². The van der Waals surface area contributed by atoms with E-state index in [-0.39, 0.29) is 29.7 Å². The summed E-state index contributed by atoms with van der Waals surface area (Å²) in [6, 6.07) is 12.1. The predicted octanol–water partition coefficient (Wildman–Crippen LogP) is 4.13. The van der Waals surface area contributed by atoms with Crippen LogP contribution in [0.2, 0.25) is 0 Å². The second-order valence-corrected chi connectivity index (χ2v) is 8.16. The van der Waals surface area contributed by atoms with Gasteiger partial charge in [0, 0.05) is 12.2 Å². The number of nitrogens with one attached hydrogen (secondary N) is 2. The average Bonchev–Trinajstić information content (AvgIpc) is 3.10. The van der Waals surface area contributed by atoms with Crippen LogP contribution in [0, 0.1) is 19.7 Å². The average molecular weight is 454 g/mol. The van der Waals surface area contributed by atoms with Crippen LogP contribution in [0.15, 0.2) is 60.3 Å². The molecule has 166 valence electrons. The second-order valence-electron chi connectivity index (χ2n) is 7.21. The maximum atomic E-state index is 13.9. The van der Waals surface area contributed by atoms with Gasteiger partial charge in [0.1, 0.15) is 11.6 Å². The second kappa shape index (κ2) is 10.7. The van der Waals surface area contributed by atoms with Crippen LogP contribution in [0.25, 0.3) is 0 Å². The number of carbonyl (C=O) groups excluding carboxylic acids is 2. The Morgan fingerprint density at radius 1 is 1.09 bits per heavy atom. The highest BCUT2D eigenvalue weighted by Gasteiger charge is 2.17. The highest BCUT2D eigenvalue weighted by atomic mass is 32.2. The summed E-state index contributed by atoms with van der Waals surface area (Å²) < 4.78 is 15.7. The largest absolute Gasteiger partial charge is 0.326 e. The molecule has 9 heteroatoms. The number of thioether (sulfide) groups is 1. The Morgan fingerprint density at radius 2 is 1.88 bits per heavy atom. The maximum absolute atomic E-state index is 13.9. The van der Waals surface area contributed by atoms with Crippen molar-refractivity contribution in [1.29, 1.82) is 0 Å². The van der Waals surface area contributed by atoms with Crippen molar-refractivity contribution in [2.45, 2.75) is 32.0 Å². The molecular formula is C23H24FN5O2S. The third kappa shape index (κ3) is 6.27. The number of rotatable bonds is 9. The lowest BCUT2D eigenvalue weighted by Gasteiger charge is -2.09. The lowest BCUT2D eigenvalue weighted by molar-refractivity contribution is -0.116. The van der Waals surface area contributed by atoms with Crippen LogP contribution in [0.5, 0.6) is 0 Å². The smallest absolute Gasteiger partial charge is 0.234 e. The summed E-state index contributed by atoms with van der Waals surface area (Å²) in [5.41, 5.74) is 2.65. The first-order valence-corrected chi connectivity index (χ1v) is 10.9. The van der Waals surface area contributed by atoms with Crippen LogP contribution in [-0.4, -0.2) is 32.3 Å². The van der Waals surface area contributed by atoms with E-state index in [1.807, 2.05) is 31.2 Å². The van der Waals surface area contributed by atoms with Gasteiger partial charge in [-0.1, -0.05) is 36.0 Å². The van der Waals surface area contributed by atoms with Crippen molar-refractivity contribution in [1.82, 2.24) is 14.8 Å². The topological polar surface area (TPSA) is 88.9 Å². The Bertz CT molecular complexity index is 1150. The fourth-order valence-electron chi connectivity index (χ4n) is 2.98. The lowest BCUT2D eigenvalue weighted by atomic mass is 10.2. The highest BCUT2D eigenvalue weighted by molar-refractivity contribution is 7.99. The molecule has 3 aromatic rings. The number of anilines is 2. The van der Waals surface area contributed by atoms with E-state index in [0.29, 0.717) is 23.2 Å². The molecule has 0 fully saturated rings. The molecule has 2 aromatic carbocycles. The van der Waals surface area contributed by atoms with Gasteiger partial charge in [0.15, 0.2) is 5.16 Å². The van der Waals surface area contributed by atoms with Crippen molar-refractivity contribution in [3.63, 3.8) is 0 Å². The fraction of sp³-hybridized carbons (Fsp3) is 0.217. The number of amides is 2. The van der Waals surface area contributed by atoms with Crippen LogP contribution < -0.4 is 10.6 Å². The Labute approximate surface area is 190 Å². The molecule has 32 heavy (non-hydrogen) atoms. The number of benzene rings is 2. The van der Waals surface area contributed by atoms with E-state index >= 15 is 0 Å². The first-order chi connectivity index (χ1) is 15.4. The van der Waals surface area contributed by atoms with E-state index in [0.717, 1.165) is 22.9 Å². The molecule has 0 aliphatic heterocycles. The Morgan fingerprint density at radius 3 is 2.59 bits per heavy atom. The van der Waals surface area contributed by atoms with Crippen LogP contribution in [-0.2, 0) is 22.6 Å². The molecule has 0 saturated carbocycles. The van der Waals surface area contributed by atoms with E-state index < -0.39 is 5.82 Å². The van der Waals surface area contributed by atoms with Gasteiger partial charge < -0.3 is 15.2 Å². The molecule has 1 aromatic heterocycles. The molecule has 7 nitrogen and oxygen atoms in total. The summed E-state index contributed by atoms with van der Waals surface area (Å²) in [6.07, 6.45) is 1.69. The zero-order chi connectivity index (χ0) is 23.1. The zero-order valence-electron chi connectivity index (χ0n) is 17.9. The standard InChI is InChI=1S/C23H24FN5O2S/c1-4-10-29-20(13-21(30)25-17-7-5-6-15(2)11-17)27-28-23(29)32-14-22(31)26-19-9-8-16(3)12-18(19)24/h4-9,11-12H,1,10,13-14H2,2-3H3,(H,25,30)(H,26,31). The fourth-order valence-corrected chi connectivity index (χ4v) is 3.75. The van der Waals surface area contributed by atoms with E-state index in [1.54, 1.807) is 23.6 Å². The highest BCUT2D eigenvalue weighted by Crippen LogP contribution is 2.20. The molecule has 0 aliphatic rings. The third-order valence-electron chi connectivity index (χ3n) is 4.46. The van der Waals surface area contributed by atoms with E-state index in [4.69, 9.17) is 0 Å². The number of allylic oxidation sites excluding steroid dienone is 1. The molecule has 0 radical (unpaired) electrons. The molecule has 0 unspecified atom stereocenters. The maximum Gasteiger partial charge on any atom is 0.234 e. The molecule has 0 aliphatic carbocycles. The van der Waals surface area contributed by atoms with Crippen LogP contribution in [0.1, 0.15) is 17.0 Å². The Balaban J connectivity index is 1.62. The molecule has 0 bridgehead atoms. The van der Waals surface area contributed by atoms with Gasteiger partial charge in [0.2, 0.25) is 11.8 Å². The van der Waals surface area contributed by atoms with Crippen molar-refractivity contribution < 1.29 is 14.0 Å². The normalized spacial score (nSPS) is 10.6. The number of aromatic nitrogens is 3. The molecule has 1 heterocycles. The molecule has 3 rings (SSSR count). The summed E-state index contributed by atoms with van der Waals surface area (Å²) in [6.45, 7) is 7.84. The number of aryl methyl sites for hydroxylation is 2. The Hall–Kier alpha value is -3.46. The number of halogens is 1. The summed E-state index contributed by atoms with van der Waals surface area (Å²) in [4.78, 5) is 24.7. The van der Waals surface area contributed by atoms with Gasteiger partial charge in [0.25, 0.3) is 0 Å². The van der Waals surface area contributed by atoms with E-state index in [9.17, 15) is 14.0 Å². The molecular weight excluding hydrogens is 429 g/mol. The first-order valence-electron chi connectivity index (χ1n) is 9.94. The van der Waals surface area contributed by atoms with Crippen molar-refractivity contribution in [3.8, 4) is 0 Å². The monoisotopic (exact) mass is 453 g/mol. The van der Waals surface area contributed by atoms with Crippen molar-refractivity contribution >= 4 is 35.0 Å². The van der Waals surface area contributed by atoms with Crippen LogP contribution in [0.4, 0.5) is 15.8 Å². The molecule has 2 amide bonds. The van der Waals surface area contributed by atoms with Crippen LogP contribution >= 0.6 is 11.8 Å². The predicted molar refractivity (Wildman–Crippen MR) is 124 cm³/mol. The van der Waals surface area contributed by atoms with Gasteiger partial charge in [-0.3, -0.25) is 9.59 Å². The minimum Gasteiger partial charge on any atom is -0.326 e. The quantitative estimate of drug-likeness (QED) is 0.376. The summed E-state index contributed by atoms with van der Waals surface area (Å²) in [5.74, 6) is -0.609. The lowest BCUT2D eigenvalue weighted by Crippen LogP contribution is -2.18. The summed E-state index contributed by atoms with van der Waals surface area (Å²) >= 11 is 1.15. The first kappa shape index (κ1) is 23.2.